The van der Waals surface area contributed by atoms with E-state index < -0.39 is 0 Å². The summed E-state index contributed by atoms with van der Waals surface area (Å²) < 4.78 is 0. The molecule has 0 bridgehead atoms. The van der Waals surface area contributed by atoms with Crippen LogP contribution in [0.15, 0.2) is 103 Å². The quantitative estimate of drug-likeness (QED) is 0.309. The minimum Gasteiger partial charge on any atom is -0.388 e. The molecule has 0 spiro atoms. The summed E-state index contributed by atoms with van der Waals surface area (Å²) in [5.41, 5.74) is 7.25. The molecular formula is C29H25N5. The summed E-state index contributed by atoms with van der Waals surface area (Å²) in [5, 5.41) is 6.50. The Morgan fingerprint density at radius 2 is 0.941 bits per heavy atom. The lowest BCUT2D eigenvalue weighted by atomic mass is 10.0. The molecule has 0 atom stereocenters. The maximum atomic E-state index is 4.82. The van der Waals surface area contributed by atoms with E-state index in [2.05, 4.69) is 53.1 Å². The largest absolute Gasteiger partial charge is 0.388 e. The molecule has 5 rings (SSSR count). The van der Waals surface area contributed by atoms with Crippen molar-refractivity contribution in [2.24, 2.45) is 0 Å². The second-order valence-corrected chi connectivity index (χ2v) is 7.88. The van der Waals surface area contributed by atoms with Gasteiger partial charge in [0.1, 0.15) is 0 Å². The molecule has 0 unspecified atom stereocenters. The van der Waals surface area contributed by atoms with Gasteiger partial charge in [0.15, 0.2) is 17.5 Å². The second-order valence-electron chi connectivity index (χ2n) is 7.88. The molecule has 0 aliphatic carbocycles. The first-order chi connectivity index (χ1) is 16.7. The van der Waals surface area contributed by atoms with Crippen LogP contribution in [0.2, 0.25) is 0 Å². The predicted octanol–water partition coefficient (Wildman–Crippen LogP) is 6.62. The summed E-state index contributed by atoms with van der Waals surface area (Å²) in [6.45, 7) is 0. The molecule has 0 aliphatic heterocycles. The van der Waals surface area contributed by atoms with Crippen LogP contribution >= 0.6 is 0 Å². The van der Waals surface area contributed by atoms with Crippen LogP contribution in [-0.4, -0.2) is 29.0 Å². The average Bonchev–Trinajstić information content (AvgIpc) is 2.93. The van der Waals surface area contributed by atoms with Crippen molar-refractivity contribution >= 4 is 11.4 Å². The molecule has 0 saturated carbocycles. The monoisotopic (exact) mass is 443 g/mol. The molecule has 0 amide bonds. The lowest BCUT2D eigenvalue weighted by Crippen LogP contribution is -2.00. The normalized spacial score (nSPS) is 10.6. The van der Waals surface area contributed by atoms with Gasteiger partial charge < -0.3 is 10.6 Å². The number of nitrogens with one attached hydrogen (secondary N) is 2. The lowest BCUT2D eigenvalue weighted by molar-refractivity contribution is 1.07. The highest BCUT2D eigenvalue weighted by atomic mass is 15.0. The summed E-state index contributed by atoms with van der Waals surface area (Å²) in [6, 6.07) is 34.7. The highest BCUT2D eigenvalue weighted by Gasteiger charge is 2.13. The molecule has 0 fully saturated rings. The number of rotatable bonds is 6. The van der Waals surface area contributed by atoms with E-state index in [-0.39, 0.29) is 0 Å². The zero-order valence-corrected chi connectivity index (χ0v) is 19.2. The Hall–Kier alpha value is -4.51. The number of nitrogens with zero attached hydrogens (tertiary/aromatic N) is 3. The fourth-order valence-corrected chi connectivity index (χ4v) is 3.89. The van der Waals surface area contributed by atoms with Crippen molar-refractivity contribution in [1.29, 1.82) is 0 Å². The van der Waals surface area contributed by atoms with E-state index in [1.54, 1.807) is 0 Å². The van der Waals surface area contributed by atoms with E-state index in [1.807, 2.05) is 74.8 Å². The van der Waals surface area contributed by atoms with Crippen molar-refractivity contribution in [3.05, 3.63) is 103 Å². The van der Waals surface area contributed by atoms with Crippen molar-refractivity contribution in [3.8, 4) is 45.3 Å². The maximum Gasteiger partial charge on any atom is 0.164 e. The molecule has 5 heteroatoms. The van der Waals surface area contributed by atoms with Crippen molar-refractivity contribution in [2.75, 3.05) is 24.7 Å². The number of benzene rings is 4. The van der Waals surface area contributed by atoms with E-state index in [9.17, 15) is 0 Å². The SMILES string of the molecule is CNc1ccc(NC)c(-c2ccc(-c3nc(-c4ccccc4)nc(-c4ccccc4)n3)cc2)c1. The maximum absolute atomic E-state index is 4.82. The van der Waals surface area contributed by atoms with E-state index in [0.717, 1.165) is 39.2 Å². The highest BCUT2D eigenvalue weighted by molar-refractivity contribution is 5.82. The zero-order chi connectivity index (χ0) is 23.3. The second kappa shape index (κ2) is 9.55. The molecule has 4 aromatic carbocycles. The Balaban J connectivity index is 1.59. The predicted molar refractivity (Wildman–Crippen MR) is 141 cm³/mol. The Morgan fingerprint density at radius 3 is 1.41 bits per heavy atom. The average molecular weight is 444 g/mol. The zero-order valence-electron chi connectivity index (χ0n) is 19.2. The summed E-state index contributed by atoms with van der Waals surface area (Å²) in [4.78, 5) is 14.4. The molecule has 1 heterocycles. The van der Waals surface area contributed by atoms with Gasteiger partial charge in [0.05, 0.1) is 0 Å². The lowest BCUT2D eigenvalue weighted by Gasteiger charge is -2.13. The molecule has 166 valence electrons. The van der Waals surface area contributed by atoms with Crippen LogP contribution in [0.1, 0.15) is 0 Å². The Labute approximate surface area is 199 Å². The third kappa shape index (κ3) is 4.36. The molecule has 2 N–H and O–H groups in total. The van der Waals surface area contributed by atoms with E-state index in [0.29, 0.717) is 17.5 Å². The highest BCUT2D eigenvalue weighted by Crippen LogP contribution is 2.32. The van der Waals surface area contributed by atoms with E-state index in [4.69, 9.17) is 15.0 Å². The Kier molecular flexibility index (Phi) is 5.99. The molecule has 5 nitrogen and oxygen atoms in total. The summed E-state index contributed by atoms with van der Waals surface area (Å²) >= 11 is 0. The van der Waals surface area contributed by atoms with Gasteiger partial charge in [-0.1, -0.05) is 84.9 Å². The molecule has 0 radical (unpaired) electrons. The minimum atomic E-state index is 0.650. The first kappa shape index (κ1) is 21.3. The van der Waals surface area contributed by atoms with Crippen LogP contribution in [0.3, 0.4) is 0 Å². The van der Waals surface area contributed by atoms with Crippen LogP contribution in [0.4, 0.5) is 11.4 Å². The molecule has 0 saturated heterocycles. The van der Waals surface area contributed by atoms with Crippen LogP contribution < -0.4 is 10.6 Å². The van der Waals surface area contributed by atoms with Crippen molar-refractivity contribution in [2.45, 2.75) is 0 Å². The van der Waals surface area contributed by atoms with Gasteiger partial charge in [0.2, 0.25) is 0 Å². The summed E-state index contributed by atoms with van der Waals surface area (Å²) in [7, 11) is 3.87. The number of hydrogen-bond acceptors (Lipinski definition) is 5. The first-order valence-corrected chi connectivity index (χ1v) is 11.2. The third-order valence-corrected chi connectivity index (χ3v) is 5.73. The molecular weight excluding hydrogens is 418 g/mol. The standard InChI is InChI=1S/C29H25N5/c1-30-24-17-18-26(31-2)25(19-24)20-13-15-23(16-14-20)29-33-27(21-9-5-3-6-10-21)32-28(34-29)22-11-7-4-8-12-22/h3-19,30-31H,1-2H3. The van der Waals surface area contributed by atoms with Crippen LogP contribution in [0.5, 0.6) is 0 Å². The van der Waals surface area contributed by atoms with E-state index >= 15 is 0 Å². The van der Waals surface area contributed by atoms with Crippen molar-refractivity contribution in [1.82, 2.24) is 15.0 Å². The molecule has 1 aromatic heterocycles. The van der Waals surface area contributed by atoms with Gasteiger partial charge in [-0.2, -0.15) is 0 Å². The number of anilines is 2. The summed E-state index contributed by atoms with van der Waals surface area (Å²) in [5.74, 6) is 1.97. The Bertz CT molecular complexity index is 1340. The first-order valence-electron chi connectivity index (χ1n) is 11.2. The number of hydrogen-bond donors (Lipinski definition) is 2. The molecule has 5 aromatic rings. The van der Waals surface area contributed by atoms with Gasteiger partial charge in [-0.05, 0) is 23.8 Å². The van der Waals surface area contributed by atoms with Gasteiger partial charge >= 0.3 is 0 Å². The van der Waals surface area contributed by atoms with Crippen LogP contribution in [-0.2, 0) is 0 Å². The molecule has 0 aliphatic rings. The van der Waals surface area contributed by atoms with Gasteiger partial charge in [-0.25, -0.2) is 15.0 Å². The minimum absolute atomic E-state index is 0.650. The fraction of sp³-hybridized carbons (Fsp3) is 0.0690. The topological polar surface area (TPSA) is 62.7 Å². The van der Waals surface area contributed by atoms with Gasteiger partial charge in [0.25, 0.3) is 0 Å². The van der Waals surface area contributed by atoms with Crippen molar-refractivity contribution < 1.29 is 0 Å². The Morgan fingerprint density at radius 1 is 0.471 bits per heavy atom. The smallest absolute Gasteiger partial charge is 0.164 e. The fourth-order valence-electron chi connectivity index (χ4n) is 3.89. The van der Waals surface area contributed by atoms with Crippen molar-refractivity contribution in [3.63, 3.8) is 0 Å². The molecule has 34 heavy (non-hydrogen) atoms. The van der Waals surface area contributed by atoms with Gasteiger partial charge in [-0.15, -0.1) is 0 Å². The third-order valence-electron chi connectivity index (χ3n) is 5.73. The van der Waals surface area contributed by atoms with Crippen LogP contribution in [0, 0.1) is 0 Å². The van der Waals surface area contributed by atoms with E-state index in [1.165, 1.54) is 0 Å². The van der Waals surface area contributed by atoms with Crippen LogP contribution in [0.25, 0.3) is 45.3 Å². The summed E-state index contributed by atoms with van der Waals surface area (Å²) in [6.07, 6.45) is 0. The number of aromatic nitrogens is 3. The van der Waals surface area contributed by atoms with Gasteiger partial charge in [0, 0.05) is 47.7 Å². The van der Waals surface area contributed by atoms with Gasteiger partial charge in [-0.3, -0.25) is 0 Å².